The molecule has 0 aromatic carbocycles. The second-order valence-corrected chi connectivity index (χ2v) is 4.37. The summed E-state index contributed by atoms with van der Waals surface area (Å²) in [6.45, 7) is 0.914. The van der Waals surface area contributed by atoms with E-state index in [2.05, 4.69) is 0 Å². The van der Waals surface area contributed by atoms with Crippen LogP contribution in [0.3, 0.4) is 0 Å². The van der Waals surface area contributed by atoms with Gasteiger partial charge in [0.1, 0.15) is 24.4 Å². The van der Waals surface area contributed by atoms with Crippen molar-refractivity contribution in [3.05, 3.63) is 0 Å². The zero-order valence-corrected chi connectivity index (χ0v) is 11.0. The highest BCUT2D eigenvalue weighted by Crippen LogP contribution is 2.20. The van der Waals surface area contributed by atoms with Crippen LogP contribution in [-0.2, 0) is 4.74 Å². The van der Waals surface area contributed by atoms with E-state index in [4.69, 9.17) is 16.3 Å². The van der Waals surface area contributed by atoms with Crippen molar-refractivity contribution in [2.45, 2.75) is 30.7 Å². The zero-order chi connectivity index (χ0) is 12.3. The highest BCUT2D eigenvalue weighted by Gasteiger charge is 2.43. The molecule has 1 heterocycles. The molecule has 104 valence electrons. The first kappa shape index (κ1) is 17.3. The molecular weight excluding hydrogens is 273 g/mol. The zero-order valence-electron chi connectivity index (χ0n) is 9.44. The molecule has 6 nitrogen and oxygen atoms in total. The summed E-state index contributed by atoms with van der Waals surface area (Å²) in [5, 5.41) is 37.6. The minimum atomic E-state index is -1.48. The Kier molecular flexibility index (Phi) is 7.86. The molecule has 0 aromatic rings. The molecule has 0 saturated carbocycles. The maximum Gasteiger partial charge on any atom is 0.184 e. The van der Waals surface area contributed by atoms with Crippen LogP contribution in [0.5, 0.6) is 0 Å². The molecule has 0 spiro atoms. The molecule has 1 saturated heterocycles. The van der Waals surface area contributed by atoms with E-state index in [0.717, 1.165) is 0 Å². The van der Waals surface area contributed by atoms with Crippen LogP contribution in [0.1, 0.15) is 0 Å². The Hall–Kier alpha value is 0.340. The second-order valence-electron chi connectivity index (χ2n) is 3.99. The molecule has 0 bridgehead atoms. The van der Waals surface area contributed by atoms with Gasteiger partial charge in [-0.3, -0.25) is 0 Å². The van der Waals surface area contributed by atoms with Crippen LogP contribution in [0.4, 0.5) is 0 Å². The minimum Gasteiger partial charge on any atom is -0.388 e. The predicted octanol–water partition coefficient (Wildman–Crippen LogP) is -1.62. The fraction of sp³-hybridized carbons (Fsp3) is 1.00. The summed E-state index contributed by atoms with van der Waals surface area (Å²) in [6, 6.07) is 0. The number of alkyl halides is 1. The molecular formula is C9H19Cl2NO5. The van der Waals surface area contributed by atoms with Gasteiger partial charge in [0, 0.05) is 19.0 Å². The van der Waals surface area contributed by atoms with E-state index in [1.54, 1.807) is 11.9 Å². The van der Waals surface area contributed by atoms with Crippen molar-refractivity contribution in [3.8, 4) is 0 Å². The summed E-state index contributed by atoms with van der Waals surface area (Å²) in [7, 11) is 1.78. The molecule has 0 aliphatic carbocycles. The standard InChI is InChI=1S/C9H18ClNO5.ClH/c1-11(3-2-10)4-5-6(12)7(13)8(14)9(15)16-5;/h5-9,12-15H,2-4H2,1H3;1H. The quantitative estimate of drug-likeness (QED) is 0.465. The number of hydrogen-bond acceptors (Lipinski definition) is 6. The first-order valence-electron chi connectivity index (χ1n) is 5.09. The van der Waals surface area contributed by atoms with Gasteiger partial charge in [-0.2, -0.15) is 0 Å². The van der Waals surface area contributed by atoms with E-state index >= 15 is 0 Å². The van der Waals surface area contributed by atoms with E-state index in [9.17, 15) is 20.4 Å². The second kappa shape index (κ2) is 7.70. The first-order chi connectivity index (χ1) is 7.47. The molecule has 1 aliphatic heterocycles. The van der Waals surface area contributed by atoms with Crippen molar-refractivity contribution in [1.29, 1.82) is 0 Å². The molecule has 5 atom stereocenters. The average Bonchev–Trinajstić information content (AvgIpc) is 2.23. The number of halogens is 2. The Balaban J connectivity index is 0.00000256. The van der Waals surface area contributed by atoms with Gasteiger partial charge in [-0.25, -0.2) is 0 Å². The maximum absolute atomic E-state index is 9.64. The van der Waals surface area contributed by atoms with Crippen molar-refractivity contribution < 1.29 is 25.2 Å². The molecule has 4 N–H and O–H groups in total. The summed E-state index contributed by atoms with van der Waals surface area (Å²) in [5.41, 5.74) is 0. The van der Waals surface area contributed by atoms with E-state index in [1.807, 2.05) is 0 Å². The van der Waals surface area contributed by atoms with E-state index in [0.29, 0.717) is 19.0 Å². The Bertz CT molecular complexity index is 224. The lowest BCUT2D eigenvalue weighted by Gasteiger charge is -2.39. The van der Waals surface area contributed by atoms with Crippen molar-refractivity contribution in [2.75, 3.05) is 26.0 Å². The van der Waals surface area contributed by atoms with Crippen LogP contribution in [0.25, 0.3) is 0 Å². The number of likely N-dealkylation sites (N-methyl/N-ethyl adjacent to an activating group) is 1. The van der Waals surface area contributed by atoms with Gasteiger partial charge >= 0.3 is 0 Å². The minimum absolute atomic E-state index is 0. The third-order valence-electron chi connectivity index (χ3n) is 2.64. The van der Waals surface area contributed by atoms with Gasteiger partial charge in [0.05, 0.1) is 0 Å². The van der Waals surface area contributed by atoms with Crippen LogP contribution in [0, 0.1) is 0 Å². The fourth-order valence-electron chi connectivity index (χ4n) is 1.62. The van der Waals surface area contributed by atoms with Gasteiger partial charge < -0.3 is 30.1 Å². The molecule has 5 unspecified atom stereocenters. The smallest absolute Gasteiger partial charge is 0.184 e. The van der Waals surface area contributed by atoms with Crippen LogP contribution < -0.4 is 0 Å². The Morgan fingerprint density at radius 3 is 2.24 bits per heavy atom. The first-order valence-corrected chi connectivity index (χ1v) is 5.63. The predicted molar refractivity (Wildman–Crippen MR) is 64.4 cm³/mol. The molecule has 0 aromatic heterocycles. The van der Waals surface area contributed by atoms with Crippen LogP contribution in [0.15, 0.2) is 0 Å². The highest BCUT2D eigenvalue weighted by molar-refractivity contribution is 6.18. The van der Waals surface area contributed by atoms with E-state index in [1.165, 1.54) is 0 Å². The summed E-state index contributed by atoms with van der Waals surface area (Å²) >= 11 is 5.55. The Labute approximate surface area is 111 Å². The summed E-state index contributed by atoms with van der Waals surface area (Å²) in [6.07, 6.45) is -6.34. The number of nitrogens with zero attached hydrogens (tertiary/aromatic N) is 1. The van der Waals surface area contributed by atoms with Gasteiger partial charge in [0.25, 0.3) is 0 Å². The SMILES string of the molecule is CN(CCCl)CC1OC(O)C(O)C(O)C1O.Cl. The van der Waals surface area contributed by atoms with E-state index < -0.39 is 30.7 Å². The molecule has 0 radical (unpaired) electrons. The van der Waals surface area contributed by atoms with Gasteiger partial charge in [0.15, 0.2) is 6.29 Å². The molecule has 1 aliphatic rings. The monoisotopic (exact) mass is 291 g/mol. The average molecular weight is 292 g/mol. The van der Waals surface area contributed by atoms with Crippen LogP contribution in [0.2, 0.25) is 0 Å². The number of aliphatic hydroxyl groups excluding tert-OH is 4. The lowest BCUT2D eigenvalue weighted by atomic mass is 9.99. The Morgan fingerprint density at radius 1 is 1.12 bits per heavy atom. The topological polar surface area (TPSA) is 93.4 Å². The molecule has 1 fully saturated rings. The third kappa shape index (κ3) is 4.50. The van der Waals surface area contributed by atoms with E-state index in [-0.39, 0.29) is 12.4 Å². The summed E-state index contributed by atoms with van der Waals surface area (Å²) < 4.78 is 5.01. The van der Waals surface area contributed by atoms with Crippen molar-refractivity contribution in [3.63, 3.8) is 0 Å². The third-order valence-corrected chi connectivity index (χ3v) is 2.81. The summed E-state index contributed by atoms with van der Waals surface area (Å²) in [4.78, 5) is 1.80. The molecule has 8 heteroatoms. The molecule has 17 heavy (non-hydrogen) atoms. The largest absolute Gasteiger partial charge is 0.388 e. The Morgan fingerprint density at radius 2 is 1.71 bits per heavy atom. The molecule has 1 rings (SSSR count). The maximum atomic E-state index is 9.64. The van der Waals surface area contributed by atoms with Crippen molar-refractivity contribution >= 4 is 24.0 Å². The lowest BCUT2D eigenvalue weighted by Crippen LogP contribution is -2.59. The normalized spacial score (nSPS) is 37.9. The van der Waals surface area contributed by atoms with Crippen molar-refractivity contribution in [1.82, 2.24) is 4.90 Å². The van der Waals surface area contributed by atoms with Gasteiger partial charge in [-0.1, -0.05) is 0 Å². The fourth-order valence-corrected chi connectivity index (χ4v) is 1.91. The van der Waals surface area contributed by atoms with Crippen LogP contribution >= 0.6 is 24.0 Å². The van der Waals surface area contributed by atoms with Gasteiger partial charge in [0.2, 0.25) is 0 Å². The number of rotatable bonds is 4. The number of aliphatic hydroxyl groups is 4. The van der Waals surface area contributed by atoms with Gasteiger partial charge in [-0.15, -0.1) is 24.0 Å². The molecule has 0 amide bonds. The van der Waals surface area contributed by atoms with Gasteiger partial charge in [-0.05, 0) is 7.05 Å². The highest BCUT2D eigenvalue weighted by atomic mass is 35.5. The number of hydrogen-bond donors (Lipinski definition) is 4. The number of ether oxygens (including phenoxy) is 1. The van der Waals surface area contributed by atoms with Crippen LogP contribution in [-0.4, -0.2) is 82.0 Å². The summed E-state index contributed by atoms with van der Waals surface area (Å²) in [5.74, 6) is 0.438. The lowest BCUT2D eigenvalue weighted by molar-refractivity contribution is -0.283. The van der Waals surface area contributed by atoms with Crippen molar-refractivity contribution in [2.24, 2.45) is 0 Å².